The second kappa shape index (κ2) is 5.64. The van der Waals surface area contributed by atoms with Crippen LogP contribution >= 0.6 is 0 Å². The van der Waals surface area contributed by atoms with Gasteiger partial charge in [-0.25, -0.2) is 18.7 Å². The van der Waals surface area contributed by atoms with Crippen molar-refractivity contribution in [3.63, 3.8) is 0 Å². The molecular formula is C15H18F2N6O. The van der Waals surface area contributed by atoms with Crippen LogP contribution in [0.1, 0.15) is 19.3 Å². The molecule has 4 rings (SSSR count). The summed E-state index contributed by atoms with van der Waals surface area (Å²) in [6.45, 7) is 1.53. The van der Waals surface area contributed by atoms with Gasteiger partial charge in [0.2, 0.25) is 5.91 Å². The Morgan fingerprint density at radius 1 is 1.25 bits per heavy atom. The molecule has 1 amide bonds. The number of nitrogens with one attached hydrogen (secondary N) is 1. The highest BCUT2D eigenvalue weighted by Gasteiger charge is 2.39. The topological polar surface area (TPSA) is 78.0 Å². The largest absolute Gasteiger partial charge is 0.355 e. The Hall–Kier alpha value is -2.32. The van der Waals surface area contributed by atoms with Crippen LogP contribution in [0.15, 0.2) is 12.5 Å². The summed E-state index contributed by atoms with van der Waals surface area (Å²) < 4.78 is 26.5. The molecule has 1 unspecified atom stereocenters. The van der Waals surface area contributed by atoms with Crippen LogP contribution in [-0.4, -0.2) is 63.1 Å². The molecule has 7 nitrogen and oxygen atoms in total. The van der Waals surface area contributed by atoms with Gasteiger partial charge in [0.15, 0.2) is 5.65 Å². The number of anilines is 1. The summed E-state index contributed by atoms with van der Waals surface area (Å²) in [4.78, 5) is 24.7. The highest BCUT2D eigenvalue weighted by molar-refractivity contribution is 5.87. The van der Waals surface area contributed by atoms with Crippen molar-refractivity contribution in [1.29, 1.82) is 0 Å². The van der Waals surface area contributed by atoms with Crippen LogP contribution in [0.4, 0.5) is 14.6 Å². The Morgan fingerprint density at radius 2 is 2.04 bits per heavy atom. The fraction of sp³-hybridized carbons (Fsp3) is 0.600. The number of nitrogens with zero attached hydrogens (tertiary/aromatic N) is 5. The lowest BCUT2D eigenvalue weighted by Gasteiger charge is -2.33. The summed E-state index contributed by atoms with van der Waals surface area (Å²) >= 11 is 0. The molecule has 0 radical (unpaired) electrons. The van der Waals surface area contributed by atoms with Gasteiger partial charge in [-0.3, -0.25) is 9.89 Å². The summed E-state index contributed by atoms with van der Waals surface area (Å²) in [7, 11) is 0. The van der Waals surface area contributed by atoms with Crippen LogP contribution in [0.2, 0.25) is 0 Å². The number of halogens is 2. The van der Waals surface area contributed by atoms with Crippen molar-refractivity contribution < 1.29 is 13.6 Å². The molecule has 0 spiro atoms. The Bertz CT molecular complexity index is 753. The Kier molecular flexibility index (Phi) is 3.58. The van der Waals surface area contributed by atoms with Crippen LogP contribution in [0, 0.1) is 5.92 Å². The number of aromatic amines is 1. The van der Waals surface area contributed by atoms with E-state index in [0.29, 0.717) is 25.2 Å². The van der Waals surface area contributed by atoms with Crippen molar-refractivity contribution in [1.82, 2.24) is 25.1 Å². The molecule has 2 aliphatic heterocycles. The number of piperidine rings is 1. The highest BCUT2D eigenvalue weighted by atomic mass is 19.3. The van der Waals surface area contributed by atoms with E-state index >= 15 is 0 Å². The first-order valence-electron chi connectivity index (χ1n) is 8.09. The SMILES string of the molecule is O=C(C1CCN(c2ncnc3[nH]ncc23)C1)N1CCC(F)(F)CC1. The van der Waals surface area contributed by atoms with Gasteiger partial charge < -0.3 is 9.80 Å². The van der Waals surface area contributed by atoms with Gasteiger partial charge in [-0.05, 0) is 6.42 Å². The Balaban J connectivity index is 1.45. The first-order chi connectivity index (χ1) is 11.5. The minimum atomic E-state index is -2.63. The maximum Gasteiger partial charge on any atom is 0.251 e. The molecule has 1 atom stereocenters. The average molecular weight is 336 g/mol. The van der Waals surface area contributed by atoms with Gasteiger partial charge in [0.05, 0.1) is 17.5 Å². The van der Waals surface area contributed by atoms with Crippen molar-refractivity contribution in [2.75, 3.05) is 31.1 Å². The maximum absolute atomic E-state index is 13.3. The number of fused-ring (bicyclic) bond motifs is 1. The van der Waals surface area contributed by atoms with Crippen molar-refractivity contribution in [2.24, 2.45) is 5.92 Å². The molecule has 128 valence electrons. The summed E-state index contributed by atoms with van der Waals surface area (Å²) in [5.41, 5.74) is 0.660. The molecule has 0 saturated carbocycles. The molecule has 0 aliphatic carbocycles. The van der Waals surface area contributed by atoms with Gasteiger partial charge in [-0.1, -0.05) is 0 Å². The van der Waals surface area contributed by atoms with Crippen molar-refractivity contribution in [3.8, 4) is 0 Å². The third kappa shape index (κ3) is 2.67. The summed E-state index contributed by atoms with van der Waals surface area (Å²) in [5, 5.41) is 7.60. The number of carbonyl (C=O) groups excluding carboxylic acids is 1. The number of alkyl halides is 2. The molecule has 2 aromatic heterocycles. The molecule has 2 aromatic rings. The first-order valence-corrected chi connectivity index (χ1v) is 8.09. The molecule has 0 bridgehead atoms. The number of rotatable bonds is 2. The van der Waals surface area contributed by atoms with Gasteiger partial charge in [0.25, 0.3) is 5.92 Å². The zero-order valence-corrected chi connectivity index (χ0v) is 13.1. The smallest absolute Gasteiger partial charge is 0.251 e. The van der Waals surface area contributed by atoms with Gasteiger partial charge in [0.1, 0.15) is 12.1 Å². The van der Waals surface area contributed by atoms with Crippen LogP contribution in [0.3, 0.4) is 0 Å². The van der Waals surface area contributed by atoms with E-state index in [1.54, 1.807) is 11.1 Å². The molecule has 1 N–H and O–H groups in total. The predicted octanol–water partition coefficient (Wildman–Crippen LogP) is 1.44. The number of amides is 1. The lowest BCUT2D eigenvalue weighted by Crippen LogP contribution is -2.45. The molecule has 24 heavy (non-hydrogen) atoms. The Labute approximate surface area is 137 Å². The number of carbonyl (C=O) groups is 1. The van der Waals surface area contributed by atoms with E-state index in [4.69, 9.17) is 0 Å². The Morgan fingerprint density at radius 3 is 2.83 bits per heavy atom. The van der Waals surface area contributed by atoms with E-state index in [-0.39, 0.29) is 37.8 Å². The molecule has 2 fully saturated rings. The quantitative estimate of drug-likeness (QED) is 0.898. The zero-order valence-electron chi connectivity index (χ0n) is 13.1. The van der Waals surface area contributed by atoms with Crippen LogP contribution in [0.25, 0.3) is 11.0 Å². The van der Waals surface area contributed by atoms with Gasteiger partial charge >= 0.3 is 0 Å². The summed E-state index contributed by atoms with van der Waals surface area (Å²) in [5.74, 6) is -2.07. The number of hydrogen-bond donors (Lipinski definition) is 1. The fourth-order valence-electron chi connectivity index (χ4n) is 3.47. The third-order valence-corrected chi connectivity index (χ3v) is 4.87. The van der Waals surface area contributed by atoms with Crippen LogP contribution in [-0.2, 0) is 4.79 Å². The molecule has 9 heteroatoms. The lowest BCUT2D eigenvalue weighted by molar-refractivity contribution is -0.140. The number of hydrogen-bond acceptors (Lipinski definition) is 5. The number of aromatic nitrogens is 4. The van der Waals surface area contributed by atoms with Crippen LogP contribution < -0.4 is 4.90 Å². The second-order valence-electron chi connectivity index (χ2n) is 6.44. The van der Waals surface area contributed by atoms with E-state index in [2.05, 4.69) is 20.2 Å². The molecule has 2 aliphatic rings. The van der Waals surface area contributed by atoms with E-state index in [1.807, 2.05) is 4.90 Å². The minimum absolute atomic E-state index is 0.0227. The monoisotopic (exact) mass is 336 g/mol. The standard InChI is InChI=1S/C15H18F2N6O/c16-15(17)2-5-22(6-3-15)14(24)10-1-4-23(8-10)13-11-7-20-21-12(11)18-9-19-13/h7,9-10H,1-6,8H2,(H,18,19,20,21). The van der Waals surface area contributed by atoms with Crippen molar-refractivity contribution >= 4 is 22.8 Å². The van der Waals surface area contributed by atoms with E-state index in [9.17, 15) is 13.6 Å². The third-order valence-electron chi connectivity index (χ3n) is 4.87. The number of H-pyrrole nitrogens is 1. The lowest BCUT2D eigenvalue weighted by atomic mass is 10.0. The number of likely N-dealkylation sites (tertiary alicyclic amines) is 1. The maximum atomic E-state index is 13.3. The fourth-order valence-corrected chi connectivity index (χ4v) is 3.47. The first kappa shape index (κ1) is 15.2. The molecular weight excluding hydrogens is 318 g/mol. The molecule has 0 aromatic carbocycles. The predicted molar refractivity (Wildman–Crippen MR) is 82.8 cm³/mol. The van der Waals surface area contributed by atoms with Gasteiger partial charge in [0, 0.05) is 39.0 Å². The van der Waals surface area contributed by atoms with Crippen molar-refractivity contribution in [3.05, 3.63) is 12.5 Å². The summed E-state index contributed by atoms with van der Waals surface area (Å²) in [6, 6.07) is 0. The zero-order chi connectivity index (χ0) is 16.7. The van der Waals surface area contributed by atoms with Crippen LogP contribution in [0.5, 0.6) is 0 Å². The normalized spacial score (nSPS) is 23.8. The summed E-state index contributed by atoms with van der Waals surface area (Å²) in [6.07, 6.45) is 3.37. The van der Waals surface area contributed by atoms with Gasteiger partial charge in [-0.15, -0.1) is 0 Å². The minimum Gasteiger partial charge on any atom is -0.355 e. The van der Waals surface area contributed by atoms with Gasteiger partial charge in [-0.2, -0.15) is 5.10 Å². The molecule has 4 heterocycles. The van der Waals surface area contributed by atoms with E-state index in [1.165, 1.54) is 6.33 Å². The van der Waals surface area contributed by atoms with E-state index in [0.717, 1.165) is 11.2 Å². The van der Waals surface area contributed by atoms with E-state index < -0.39 is 5.92 Å². The average Bonchev–Trinajstić information content (AvgIpc) is 3.23. The second-order valence-corrected chi connectivity index (χ2v) is 6.44. The highest BCUT2D eigenvalue weighted by Crippen LogP contribution is 2.31. The molecule has 2 saturated heterocycles. The van der Waals surface area contributed by atoms with Crippen molar-refractivity contribution in [2.45, 2.75) is 25.2 Å².